The molecule has 18 heavy (non-hydrogen) atoms. The highest BCUT2D eigenvalue weighted by Gasteiger charge is 2.23. The van der Waals surface area contributed by atoms with Crippen molar-refractivity contribution in [1.82, 2.24) is 0 Å². The van der Waals surface area contributed by atoms with E-state index in [9.17, 15) is 9.59 Å². The first kappa shape index (κ1) is 15.2. The van der Waals surface area contributed by atoms with Crippen molar-refractivity contribution < 1.29 is 19.1 Å². The molecule has 1 rings (SSSR count). The van der Waals surface area contributed by atoms with Crippen LogP contribution in [0.1, 0.15) is 23.2 Å². The summed E-state index contributed by atoms with van der Waals surface area (Å²) in [5.41, 5.74) is 0.336. The third-order valence-electron chi connectivity index (χ3n) is 2.32. The van der Waals surface area contributed by atoms with Crippen molar-refractivity contribution in [3.05, 3.63) is 20.6 Å². The molecule has 1 aromatic carbocycles. The molecular weight excluding hydrogens is 368 g/mol. The zero-order valence-electron chi connectivity index (χ0n) is 9.96. The van der Waals surface area contributed by atoms with Gasteiger partial charge in [-0.15, -0.1) is 0 Å². The average Bonchev–Trinajstić information content (AvgIpc) is 2.35. The number of carbonyl (C=O) groups excluding carboxylic acids is 2. The molecule has 1 aromatic rings. The Labute approximate surface area is 122 Å². The van der Waals surface area contributed by atoms with Crippen LogP contribution < -0.4 is 9.47 Å². The molecule has 0 aliphatic heterocycles. The van der Waals surface area contributed by atoms with Gasteiger partial charge in [-0.05, 0) is 37.9 Å². The summed E-state index contributed by atoms with van der Waals surface area (Å²) in [6, 6.07) is 1.74. The van der Waals surface area contributed by atoms with Crippen molar-refractivity contribution in [1.29, 1.82) is 0 Å². The van der Waals surface area contributed by atoms with E-state index in [-0.39, 0.29) is 18.6 Å². The molecule has 0 unspecified atom stereocenters. The van der Waals surface area contributed by atoms with E-state index in [1.54, 1.807) is 6.07 Å². The van der Waals surface area contributed by atoms with E-state index < -0.39 is 0 Å². The van der Waals surface area contributed by atoms with Crippen LogP contribution in [-0.2, 0) is 4.79 Å². The second-order valence-corrected chi connectivity index (χ2v) is 5.12. The molecule has 0 saturated heterocycles. The normalized spacial score (nSPS) is 10.0. The van der Waals surface area contributed by atoms with Crippen LogP contribution in [0.2, 0.25) is 0 Å². The molecule has 0 heterocycles. The lowest BCUT2D eigenvalue weighted by Gasteiger charge is -2.15. The number of hydrogen-bond acceptors (Lipinski definition) is 4. The Morgan fingerprint density at radius 3 is 2.11 bits per heavy atom. The Bertz CT molecular complexity index is 443. The first-order valence-corrected chi connectivity index (χ1v) is 6.72. The molecule has 0 saturated carbocycles. The van der Waals surface area contributed by atoms with Crippen molar-refractivity contribution in [2.24, 2.45) is 0 Å². The number of ketones is 1. The molecule has 0 amide bonds. The Hall–Kier alpha value is -0.880. The molecular formula is C12H12Br2O4. The van der Waals surface area contributed by atoms with Crippen molar-refractivity contribution in [3.8, 4) is 11.5 Å². The maximum atomic E-state index is 12.1. The summed E-state index contributed by atoms with van der Waals surface area (Å²) in [5, 5.41) is 0. The maximum Gasteiger partial charge on any atom is 0.170 e. The van der Waals surface area contributed by atoms with Gasteiger partial charge in [0.25, 0.3) is 0 Å². The number of aldehydes is 1. The average molecular weight is 380 g/mol. The Balaban J connectivity index is 3.36. The highest BCUT2D eigenvalue weighted by Crippen LogP contribution is 2.41. The van der Waals surface area contributed by atoms with Gasteiger partial charge in [-0.2, -0.15) is 0 Å². The summed E-state index contributed by atoms with van der Waals surface area (Å²) >= 11 is 6.65. The summed E-state index contributed by atoms with van der Waals surface area (Å²) in [6.45, 7) is 0. The van der Waals surface area contributed by atoms with E-state index in [2.05, 4.69) is 31.9 Å². The molecule has 0 aliphatic rings. The van der Waals surface area contributed by atoms with Crippen molar-refractivity contribution in [3.63, 3.8) is 0 Å². The van der Waals surface area contributed by atoms with Gasteiger partial charge in [0.05, 0.1) is 23.2 Å². The minimum atomic E-state index is -0.196. The number of benzene rings is 1. The lowest BCUT2D eigenvalue weighted by atomic mass is 10.0. The van der Waals surface area contributed by atoms with Crippen LogP contribution in [-0.4, -0.2) is 26.3 Å². The number of rotatable bonds is 6. The fraction of sp³-hybridized carbons (Fsp3) is 0.333. The van der Waals surface area contributed by atoms with Crippen LogP contribution in [0.15, 0.2) is 15.0 Å². The van der Waals surface area contributed by atoms with Crippen LogP contribution >= 0.6 is 31.9 Å². The Kier molecular flexibility index (Phi) is 5.81. The van der Waals surface area contributed by atoms with E-state index >= 15 is 0 Å². The van der Waals surface area contributed by atoms with Gasteiger partial charge in [-0.1, -0.05) is 0 Å². The van der Waals surface area contributed by atoms with Gasteiger partial charge in [0.1, 0.15) is 23.3 Å². The number of hydrogen-bond donors (Lipinski definition) is 0. The SMILES string of the molecule is COc1c(Br)cc(Br)c(OC)c1C(=O)CCC=O. The number of Topliss-reactive ketones (excluding diaryl/α,β-unsaturated/α-hetero) is 1. The maximum absolute atomic E-state index is 12.1. The van der Waals surface area contributed by atoms with Crippen LogP contribution in [0.4, 0.5) is 0 Å². The summed E-state index contributed by atoms with van der Waals surface area (Å²) < 4.78 is 11.7. The van der Waals surface area contributed by atoms with E-state index in [1.165, 1.54) is 14.2 Å². The molecule has 0 fully saturated rings. The fourth-order valence-electron chi connectivity index (χ4n) is 1.55. The molecule has 0 atom stereocenters. The minimum absolute atomic E-state index is 0.124. The van der Waals surface area contributed by atoms with Gasteiger partial charge in [0, 0.05) is 12.8 Å². The molecule has 0 spiro atoms. The van der Waals surface area contributed by atoms with Gasteiger partial charge < -0.3 is 14.3 Å². The molecule has 0 radical (unpaired) electrons. The Morgan fingerprint density at radius 2 is 1.72 bits per heavy atom. The summed E-state index contributed by atoms with van der Waals surface area (Å²) in [5.74, 6) is 0.620. The molecule has 98 valence electrons. The highest BCUT2D eigenvalue weighted by atomic mass is 79.9. The number of halogens is 2. The standard InChI is InChI=1S/C12H12Br2O4/c1-17-11-7(13)6-8(14)12(18-2)10(11)9(16)4-3-5-15/h5-6H,3-4H2,1-2H3. The third kappa shape index (κ3) is 3.11. The van der Waals surface area contributed by atoms with Gasteiger partial charge in [-0.25, -0.2) is 0 Å². The zero-order valence-corrected chi connectivity index (χ0v) is 13.1. The molecule has 0 aliphatic carbocycles. The number of methoxy groups -OCH3 is 2. The van der Waals surface area contributed by atoms with E-state index in [4.69, 9.17) is 9.47 Å². The first-order valence-electron chi connectivity index (χ1n) is 5.13. The fourth-order valence-corrected chi connectivity index (χ4v) is 3.04. The van der Waals surface area contributed by atoms with Crippen LogP contribution in [0.3, 0.4) is 0 Å². The van der Waals surface area contributed by atoms with Crippen molar-refractivity contribution >= 4 is 43.9 Å². The van der Waals surface area contributed by atoms with Gasteiger partial charge in [0.2, 0.25) is 0 Å². The predicted molar refractivity (Wildman–Crippen MR) is 74.6 cm³/mol. The summed E-state index contributed by atoms with van der Waals surface area (Å²) in [7, 11) is 2.95. The first-order chi connectivity index (χ1) is 8.56. The quantitative estimate of drug-likeness (QED) is 0.561. The number of carbonyl (C=O) groups is 2. The lowest BCUT2D eigenvalue weighted by molar-refractivity contribution is -0.107. The van der Waals surface area contributed by atoms with Gasteiger partial charge in [-0.3, -0.25) is 4.79 Å². The van der Waals surface area contributed by atoms with Crippen molar-refractivity contribution in [2.75, 3.05) is 14.2 Å². The summed E-state index contributed by atoms with van der Waals surface area (Å²) in [4.78, 5) is 22.5. The van der Waals surface area contributed by atoms with Crippen LogP contribution in [0.25, 0.3) is 0 Å². The Morgan fingerprint density at radius 1 is 1.22 bits per heavy atom. The second-order valence-electron chi connectivity index (χ2n) is 3.41. The molecule has 0 bridgehead atoms. The molecule has 0 N–H and O–H groups in total. The van der Waals surface area contributed by atoms with Crippen LogP contribution in [0.5, 0.6) is 11.5 Å². The second kappa shape index (κ2) is 6.89. The monoisotopic (exact) mass is 378 g/mol. The lowest BCUT2D eigenvalue weighted by Crippen LogP contribution is -2.06. The van der Waals surface area contributed by atoms with E-state index in [0.717, 1.165) is 0 Å². The van der Waals surface area contributed by atoms with Crippen LogP contribution in [0, 0.1) is 0 Å². The molecule has 0 aromatic heterocycles. The molecule has 4 nitrogen and oxygen atoms in total. The topological polar surface area (TPSA) is 52.6 Å². The smallest absolute Gasteiger partial charge is 0.170 e. The van der Waals surface area contributed by atoms with Gasteiger partial charge in [0.15, 0.2) is 5.78 Å². The van der Waals surface area contributed by atoms with Crippen molar-refractivity contribution in [2.45, 2.75) is 12.8 Å². The van der Waals surface area contributed by atoms with Gasteiger partial charge >= 0.3 is 0 Å². The number of ether oxygens (including phenoxy) is 2. The molecule has 6 heteroatoms. The summed E-state index contributed by atoms with van der Waals surface area (Å²) in [6.07, 6.45) is 1.01. The minimum Gasteiger partial charge on any atom is -0.495 e. The predicted octanol–water partition coefficient (Wildman–Crippen LogP) is 3.39. The third-order valence-corrected chi connectivity index (χ3v) is 3.50. The van der Waals surface area contributed by atoms with E-state index in [0.29, 0.717) is 32.3 Å². The van der Waals surface area contributed by atoms with E-state index in [1.807, 2.05) is 0 Å². The highest BCUT2D eigenvalue weighted by molar-refractivity contribution is 9.11. The largest absolute Gasteiger partial charge is 0.495 e. The zero-order chi connectivity index (χ0) is 13.7.